The fraction of sp³-hybridized carbons (Fsp3) is 0.286. The molecule has 0 spiro atoms. The highest BCUT2D eigenvalue weighted by atomic mass is 19.1. The summed E-state index contributed by atoms with van der Waals surface area (Å²) in [7, 11) is 2.00. The number of nitrogens with zero attached hydrogens (tertiary/aromatic N) is 2. The molecule has 0 aromatic heterocycles. The molecule has 24 heavy (non-hydrogen) atoms. The first kappa shape index (κ1) is 16.4. The van der Waals surface area contributed by atoms with Crippen molar-refractivity contribution in [3.05, 3.63) is 65.0 Å². The minimum Gasteiger partial charge on any atom is -0.365 e. The second kappa shape index (κ2) is 5.90. The fourth-order valence-electron chi connectivity index (χ4n) is 3.13. The first-order valence-corrected chi connectivity index (χ1v) is 8.16. The molecule has 3 heteroatoms. The summed E-state index contributed by atoms with van der Waals surface area (Å²) in [6.07, 6.45) is 3.83. The Morgan fingerprint density at radius 3 is 2.54 bits per heavy atom. The number of hydrogen-bond acceptors (Lipinski definition) is 2. The molecule has 2 nitrogen and oxygen atoms in total. The molecule has 1 heterocycles. The normalized spacial score (nSPS) is 16.2. The van der Waals surface area contributed by atoms with Crippen molar-refractivity contribution in [3.63, 3.8) is 0 Å². The van der Waals surface area contributed by atoms with Crippen LogP contribution in [0.5, 0.6) is 0 Å². The molecule has 3 rings (SSSR count). The van der Waals surface area contributed by atoms with Gasteiger partial charge in [-0.3, -0.25) is 4.99 Å². The summed E-state index contributed by atoms with van der Waals surface area (Å²) in [5.74, 6) is -0.247. The number of hydrogen-bond donors (Lipinski definition) is 0. The van der Waals surface area contributed by atoms with E-state index in [0.29, 0.717) is 5.56 Å². The maximum atomic E-state index is 14.6. The molecular weight excluding hydrogens is 299 g/mol. The van der Waals surface area contributed by atoms with E-state index >= 15 is 0 Å². The van der Waals surface area contributed by atoms with E-state index in [0.717, 1.165) is 22.5 Å². The molecule has 2 aromatic rings. The highest BCUT2D eigenvalue weighted by Gasteiger charge is 2.29. The second-order valence-electron chi connectivity index (χ2n) is 6.98. The average molecular weight is 322 g/mol. The van der Waals surface area contributed by atoms with Crippen LogP contribution < -0.4 is 4.90 Å². The maximum Gasteiger partial charge on any atom is 0.134 e. The van der Waals surface area contributed by atoms with Gasteiger partial charge in [-0.2, -0.15) is 0 Å². The first-order chi connectivity index (χ1) is 11.3. The number of benzene rings is 2. The van der Waals surface area contributed by atoms with Crippen LogP contribution in [0.3, 0.4) is 0 Å². The van der Waals surface area contributed by atoms with E-state index in [2.05, 4.69) is 36.7 Å². The highest BCUT2D eigenvalue weighted by molar-refractivity contribution is 5.89. The minimum atomic E-state index is -0.247. The zero-order valence-electron chi connectivity index (χ0n) is 14.9. The third kappa shape index (κ3) is 2.86. The Hall–Kier alpha value is -2.42. The van der Waals surface area contributed by atoms with Gasteiger partial charge in [-0.05, 0) is 57.0 Å². The standard InChI is InChI=1S/C21H23FN2/c1-14-8-6-7-9-19(14)23-13-16-10-17-15(2)12-21(3,4)24(5)20(17)11-18(16)22/h6-13H,1-5H3. The number of allylic oxidation sites excluding steroid dienone is 1. The van der Waals surface area contributed by atoms with Crippen LogP contribution in [0.1, 0.15) is 37.5 Å². The molecule has 1 aliphatic rings. The smallest absolute Gasteiger partial charge is 0.134 e. The van der Waals surface area contributed by atoms with Gasteiger partial charge in [0.2, 0.25) is 0 Å². The summed E-state index contributed by atoms with van der Waals surface area (Å²) in [4.78, 5) is 6.57. The van der Waals surface area contributed by atoms with Crippen molar-refractivity contribution in [2.45, 2.75) is 33.2 Å². The Morgan fingerprint density at radius 2 is 1.83 bits per heavy atom. The van der Waals surface area contributed by atoms with Crippen molar-refractivity contribution in [2.24, 2.45) is 4.99 Å². The van der Waals surface area contributed by atoms with Gasteiger partial charge in [0.15, 0.2) is 0 Å². The Labute approximate surface area is 143 Å². The van der Waals surface area contributed by atoms with Crippen molar-refractivity contribution in [1.29, 1.82) is 0 Å². The number of aryl methyl sites for hydroxylation is 1. The Bertz CT molecular complexity index is 847. The summed E-state index contributed by atoms with van der Waals surface area (Å²) in [6, 6.07) is 11.4. The molecule has 1 aliphatic heterocycles. The van der Waals surface area contributed by atoms with Gasteiger partial charge in [-0.1, -0.05) is 24.3 Å². The van der Waals surface area contributed by atoms with E-state index in [1.54, 1.807) is 12.3 Å². The predicted molar refractivity (Wildman–Crippen MR) is 101 cm³/mol. The van der Waals surface area contributed by atoms with Gasteiger partial charge in [0.05, 0.1) is 11.2 Å². The number of likely N-dealkylation sites (N-methyl/N-ethyl adjacent to an activating group) is 1. The van der Waals surface area contributed by atoms with Gasteiger partial charge in [0, 0.05) is 30.1 Å². The molecule has 0 N–H and O–H groups in total. The Kier molecular flexibility index (Phi) is 4.04. The van der Waals surface area contributed by atoms with Crippen molar-refractivity contribution in [3.8, 4) is 0 Å². The molecule has 0 saturated heterocycles. The number of anilines is 1. The van der Waals surface area contributed by atoms with Crippen LogP contribution in [0.4, 0.5) is 15.8 Å². The topological polar surface area (TPSA) is 15.6 Å². The molecule has 0 radical (unpaired) electrons. The first-order valence-electron chi connectivity index (χ1n) is 8.16. The summed E-state index contributed by atoms with van der Waals surface area (Å²) in [5.41, 5.74) is 5.47. The van der Waals surface area contributed by atoms with Crippen molar-refractivity contribution >= 4 is 23.2 Å². The molecule has 2 aromatic carbocycles. The van der Waals surface area contributed by atoms with Gasteiger partial charge < -0.3 is 4.90 Å². The molecule has 0 fully saturated rings. The molecule has 0 unspecified atom stereocenters. The number of fused-ring (bicyclic) bond motifs is 1. The van der Waals surface area contributed by atoms with Gasteiger partial charge in [0.25, 0.3) is 0 Å². The SMILES string of the molecule is CC1=CC(C)(C)N(C)c2cc(F)c(C=Nc3ccccc3C)cc21. The number of halogens is 1. The quantitative estimate of drug-likeness (QED) is 0.665. The van der Waals surface area contributed by atoms with E-state index < -0.39 is 0 Å². The van der Waals surface area contributed by atoms with Gasteiger partial charge in [0.1, 0.15) is 5.82 Å². The largest absolute Gasteiger partial charge is 0.365 e. The minimum absolute atomic E-state index is 0.125. The molecule has 0 atom stereocenters. The molecule has 0 aliphatic carbocycles. The van der Waals surface area contributed by atoms with Crippen LogP contribution >= 0.6 is 0 Å². The Morgan fingerprint density at radius 1 is 1.12 bits per heavy atom. The number of para-hydroxylation sites is 1. The molecular formula is C21H23FN2. The molecule has 0 saturated carbocycles. The van der Waals surface area contributed by atoms with E-state index in [4.69, 9.17) is 0 Å². The number of rotatable bonds is 2. The van der Waals surface area contributed by atoms with Crippen LogP contribution in [0.15, 0.2) is 47.5 Å². The summed E-state index contributed by atoms with van der Waals surface area (Å²) < 4.78 is 14.6. The highest BCUT2D eigenvalue weighted by Crippen LogP contribution is 2.38. The van der Waals surface area contributed by atoms with Crippen LogP contribution in [0.2, 0.25) is 0 Å². The van der Waals surface area contributed by atoms with Gasteiger partial charge >= 0.3 is 0 Å². The van der Waals surface area contributed by atoms with Crippen LogP contribution in [-0.2, 0) is 0 Å². The molecule has 0 amide bonds. The number of aliphatic imine (C=N–C) groups is 1. The van der Waals surface area contributed by atoms with E-state index in [9.17, 15) is 4.39 Å². The fourth-order valence-corrected chi connectivity index (χ4v) is 3.13. The van der Waals surface area contributed by atoms with Crippen molar-refractivity contribution < 1.29 is 4.39 Å². The van der Waals surface area contributed by atoms with E-state index in [-0.39, 0.29) is 11.4 Å². The van der Waals surface area contributed by atoms with Crippen molar-refractivity contribution in [1.82, 2.24) is 0 Å². The van der Waals surface area contributed by atoms with E-state index in [1.165, 1.54) is 5.57 Å². The molecule has 0 bridgehead atoms. The summed E-state index contributed by atoms with van der Waals surface area (Å²) >= 11 is 0. The van der Waals surface area contributed by atoms with Crippen molar-refractivity contribution in [2.75, 3.05) is 11.9 Å². The van der Waals surface area contributed by atoms with Gasteiger partial charge in [-0.15, -0.1) is 0 Å². The zero-order valence-corrected chi connectivity index (χ0v) is 14.9. The second-order valence-corrected chi connectivity index (χ2v) is 6.98. The third-order valence-corrected chi connectivity index (χ3v) is 4.79. The lowest BCUT2D eigenvalue weighted by Crippen LogP contribution is -2.42. The lowest BCUT2D eigenvalue weighted by Gasteiger charge is -2.40. The zero-order chi connectivity index (χ0) is 17.5. The summed E-state index contributed by atoms with van der Waals surface area (Å²) in [6.45, 7) is 8.34. The predicted octanol–water partition coefficient (Wildman–Crippen LogP) is 5.52. The van der Waals surface area contributed by atoms with Crippen LogP contribution in [0.25, 0.3) is 5.57 Å². The monoisotopic (exact) mass is 322 g/mol. The maximum absolute atomic E-state index is 14.6. The van der Waals surface area contributed by atoms with Crippen LogP contribution in [0, 0.1) is 12.7 Å². The van der Waals surface area contributed by atoms with Gasteiger partial charge in [-0.25, -0.2) is 4.39 Å². The lowest BCUT2D eigenvalue weighted by atomic mass is 9.88. The van der Waals surface area contributed by atoms with Crippen LogP contribution in [-0.4, -0.2) is 18.8 Å². The third-order valence-electron chi connectivity index (χ3n) is 4.79. The average Bonchev–Trinajstić information content (AvgIpc) is 2.52. The molecule has 124 valence electrons. The summed E-state index contributed by atoms with van der Waals surface area (Å²) in [5, 5.41) is 0. The lowest BCUT2D eigenvalue weighted by molar-refractivity contribution is 0.589. The van der Waals surface area contributed by atoms with E-state index in [1.807, 2.05) is 44.3 Å². The Balaban J connectivity index is 2.04.